The van der Waals surface area contributed by atoms with Crippen LogP contribution in [0.2, 0.25) is 5.02 Å². The number of halogens is 2. The molecule has 1 aliphatic carbocycles. The Balaban J connectivity index is 2.32. The summed E-state index contributed by atoms with van der Waals surface area (Å²) in [4.78, 5) is 17.3. The van der Waals surface area contributed by atoms with Crippen molar-refractivity contribution in [2.45, 2.75) is 46.6 Å². The molecule has 0 bridgehead atoms. The Bertz CT molecular complexity index is 910. The van der Waals surface area contributed by atoms with Crippen molar-refractivity contribution >= 4 is 23.3 Å². The van der Waals surface area contributed by atoms with Crippen LogP contribution >= 0.6 is 11.6 Å². The highest BCUT2D eigenvalue weighted by molar-refractivity contribution is 6.30. The zero-order valence-corrected chi connectivity index (χ0v) is 19.7. The highest BCUT2D eigenvalue weighted by Crippen LogP contribution is 2.50. The van der Waals surface area contributed by atoms with Gasteiger partial charge in [-0.15, -0.1) is 0 Å². The van der Waals surface area contributed by atoms with Crippen molar-refractivity contribution in [1.82, 2.24) is 0 Å². The van der Waals surface area contributed by atoms with Gasteiger partial charge in [0.05, 0.1) is 31.5 Å². The number of hydrogen-bond donors (Lipinski definition) is 0. The van der Waals surface area contributed by atoms with E-state index in [1.807, 2.05) is 63.3 Å². The van der Waals surface area contributed by atoms with Crippen molar-refractivity contribution in [1.29, 1.82) is 0 Å². The molecule has 1 aliphatic rings. The lowest BCUT2D eigenvalue weighted by Gasteiger charge is -2.14. The summed E-state index contributed by atoms with van der Waals surface area (Å²) in [7, 11) is 0. The molecule has 32 heavy (non-hydrogen) atoms. The lowest BCUT2D eigenvalue weighted by atomic mass is 9.98. The minimum absolute atomic E-state index is 0.174. The Morgan fingerprint density at radius 1 is 1.16 bits per heavy atom. The summed E-state index contributed by atoms with van der Waals surface area (Å²) in [5, 5.41) is 0.669. The lowest BCUT2D eigenvalue weighted by molar-refractivity contribution is -0.149. The van der Waals surface area contributed by atoms with E-state index in [9.17, 15) is 9.18 Å². The Morgan fingerprint density at radius 2 is 1.84 bits per heavy atom. The molecular weight excluding hydrogens is 429 g/mol. The first kappa shape index (κ1) is 25.6. The predicted octanol–water partition coefficient (Wildman–Crippen LogP) is 6.92. The van der Waals surface area contributed by atoms with Crippen LogP contribution in [0.15, 0.2) is 77.3 Å². The topological polar surface area (TPSA) is 47.9 Å². The molecule has 0 atom stereocenters. The van der Waals surface area contributed by atoms with Crippen molar-refractivity contribution in [3.63, 3.8) is 0 Å². The normalized spacial score (nSPS) is 16.6. The third-order valence-electron chi connectivity index (χ3n) is 5.11. The van der Waals surface area contributed by atoms with E-state index in [-0.39, 0.29) is 5.97 Å². The first-order valence-corrected chi connectivity index (χ1v) is 11.3. The zero-order chi connectivity index (χ0) is 23.4. The number of nitrogens with zero attached hydrogens (tertiary/aromatic N) is 1. The number of benzene rings is 1. The summed E-state index contributed by atoms with van der Waals surface area (Å²) in [5.74, 6) is 0.470. The molecule has 0 unspecified atom stereocenters. The van der Waals surface area contributed by atoms with E-state index < -0.39 is 5.41 Å². The molecule has 1 saturated carbocycles. The molecule has 0 aromatic heterocycles. The molecule has 0 N–H and O–H groups in total. The molecule has 2 rings (SSSR count). The van der Waals surface area contributed by atoms with E-state index in [1.54, 1.807) is 6.08 Å². The smallest absolute Gasteiger partial charge is 0.312 e. The predicted molar refractivity (Wildman–Crippen MR) is 128 cm³/mol. The summed E-state index contributed by atoms with van der Waals surface area (Å²) >= 11 is 5.98. The summed E-state index contributed by atoms with van der Waals surface area (Å²) in [6.45, 7) is 6.88. The molecule has 172 valence electrons. The number of ether oxygens (including phenoxy) is 2. The van der Waals surface area contributed by atoms with Crippen LogP contribution < -0.4 is 0 Å². The molecule has 0 aliphatic heterocycles. The van der Waals surface area contributed by atoms with E-state index in [2.05, 4.69) is 0 Å². The van der Waals surface area contributed by atoms with Gasteiger partial charge in [-0.1, -0.05) is 23.7 Å². The van der Waals surface area contributed by atoms with Crippen LogP contribution in [-0.4, -0.2) is 24.9 Å². The van der Waals surface area contributed by atoms with E-state index >= 15 is 0 Å². The van der Waals surface area contributed by atoms with Gasteiger partial charge in [0, 0.05) is 22.7 Å². The SMILES string of the molecule is C\C=C(OCC)/C(/C=C\C(CC1(C(=O)OCC)CC1)=NCc1ccc(Cl)cc1)=C\C=C\F. The maximum absolute atomic E-state index is 12.6. The van der Waals surface area contributed by atoms with Crippen molar-refractivity contribution in [3.8, 4) is 0 Å². The molecule has 1 fully saturated rings. The van der Waals surface area contributed by atoms with Crippen LogP contribution in [0.25, 0.3) is 0 Å². The van der Waals surface area contributed by atoms with Crippen molar-refractivity contribution < 1.29 is 18.7 Å². The van der Waals surface area contributed by atoms with Gasteiger partial charge < -0.3 is 9.47 Å². The zero-order valence-electron chi connectivity index (χ0n) is 18.9. The Labute approximate surface area is 195 Å². The largest absolute Gasteiger partial charge is 0.494 e. The monoisotopic (exact) mass is 459 g/mol. The first-order chi connectivity index (χ1) is 15.5. The number of carbonyl (C=O) groups excluding carboxylic acids is 1. The van der Waals surface area contributed by atoms with Gasteiger partial charge in [0.25, 0.3) is 0 Å². The molecule has 6 heteroatoms. The van der Waals surface area contributed by atoms with Gasteiger partial charge in [0.15, 0.2) is 0 Å². The fourth-order valence-corrected chi connectivity index (χ4v) is 3.35. The molecule has 0 amide bonds. The van der Waals surface area contributed by atoms with Crippen LogP contribution in [-0.2, 0) is 20.8 Å². The minimum atomic E-state index is -0.509. The van der Waals surface area contributed by atoms with Gasteiger partial charge in [-0.25, -0.2) is 4.39 Å². The van der Waals surface area contributed by atoms with Gasteiger partial charge in [-0.3, -0.25) is 9.79 Å². The molecule has 0 radical (unpaired) electrons. The van der Waals surface area contributed by atoms with Crippen LogP contribution in [0.1, 0.15) is 45.6 Å². The first-order valence-electron chi connectivity index (χ1n) is 10.9. The lowest BCUT2D eigenvalue weighted by Crippen LogP contribution is -2.22. The van der Waals surface area contributed by atoms with Crippen LogP contribution in [0.3, 0.4) is 0 Å². The van der Waals surface area contributed by atoms with E-state index in [0.29, 0.717) is 48.9 Å². The average molecular weight is 460 g/mol. The third-order valence-corrected chi connectivity index (χ3v) is 5.36. The van der Waals surface area contributed by atoms with Crippen LogP contribution in [0.5, 0.6) is 0 Å². The quantitative estimate of drug-likeness (QED) is 0.147. The fourth-order valence-electron chi connectivity index (χ4n) is 3.22. The second-order valence-electron chi connectivity index (χ2n) is 7.47. The number of esters is 1. The van der Waals surface area contributed by atoms with Crippen LogP contribution in [0.4, 0.5) is 4.39 Å². The van der Waals surface area contributed by atoms with E-state index in [0.717, 1.165) is 24.1 Å². The standard InChI is InChI=1S/C26H31ClFNO3/c1-4-24(31-5-2)21(8-7-17-28)11-14-23(18-26(15-16-26)25(30)32-6-3)29-19-20-9-12-22(27)13-10-20/h4,7-14,17H,5-6,15-16,18-19H2,1-3H3/b14-11-,17-7+,21-8-,24-4+,29-23?. The van der Waals surface area contributed by atoms with Crippen molar-refractivity contribution in [2.75, 3.05) is 13.2 Å². The van der Waals surface area contributed by atoms with Crippen molar-refractivity contribution in [3.05, 3.63) is 82.9 Å². The number of rotatable bonds is 12. The maximum atomic E-state index is 12.6. The molecule has 0 heterocycles. The number of hydrogen-bond acceptors (Lipinski definition) is 4. The summed E-state index contributed by atoms with van der Waals surface area (Å²) < 4.78 is 23.6. The number of aliphatic imine (C=N–C) groups is 1. The van der Waals surface area contributed by atoms with Crippen molar-refractivity contribution in [2.24, 2.45) is 10.4 Å². The molecule has 1 aromatic carbocycles. The molecule has 4 nitrogen and oxygen atoms in total. The van der Waals surface area contributed by atoms with Gasteiger partial charge in [-0.2, -0.15) is 0 Å². The van der Waals surface area contributed by atoms with E-state index in [1.165, 1.54) is 6.08 Å². The second-order valence-corrected chi connectivity index (χ2v) is 7.91. The third kappa shape index (κ3) is 7.79. The number of allylic oxidation sites excluding steroid dienone is 5. The summed E-state index contributed by atoms with van der Waals surface area (Å²) in [6.07, 6.45) is 11.0. The second kappa shape index (κ2) is 13.0. The Hall–Kier alpha value is -2.66. The molecular formula is C26H31ClFNO3. The minimum Gasteiger partial charge on any atom is -0.494 e. The molecule has 0 saturated heterocycles. The van der Waals surface area contributed by atoms with Gasteiger partial charge in [-0.05, 0) is 81.7 Å². The van der Waals surface area contributed by atoms with Gasteiger partial charge >= 0.3 is 5.97 Å². The maximum Gasteiger partial charge on any atom is 0.312 e. The van der Waals surface area contributed by atoms with Gasteiger partial charge in [0.1, 0.15) is 5.76 Å². The average Bonchev–Trinajstić information content (AvgIpc) is 3.58. The Kier molecular flexibility index (Phi) is 10.4. The highest BCUT2D eigenvalue weighted by Gasteiger charge is 2.51. The Morgan fingerprint density at radius 3 is 2.41 bits per heavy atom. The summed E-state index contributed by atoms with van der Waals surface area (Å²) in [5.41, 5.74) is 1.99. The number of carbonyl (C=O) groups is 1. The van der Waals surface area contributed by atoms with Crippen LogP contribution in [0, 0.1) is 5.41 Å². The summed E-state index contributed by atoms with van der Waals surface area (Å²) in [6, 6.07) is 7.51. The van der Waals surface area contributed by atoms with E-state index in [4.69, 9.17) is 26.1 Å². The highest BCUT2D eigenvalue weighted by atomic mass is 35.5. The molecule has 0 spiro atoms. The van der Waals surface area contributed by atoms with Gasteiger partial charge in [0.2, 0.25) is 0 Å². The fraction of sp³-hybridized carbons (Fsp3) is 0.385. The molecule has 1 aromatic rings.